The topological polar surface area (TPSA) is 15.7 Å². The molecule has 20 heavy (non-hydrogen) atoms. The van der Waals surface area contributed by atoms with Gasteiger partial charge in [0.2, 0.25) is 0 Å². The number of hydrogen-bond acceptors (Lipinski definition) is 3. The van der Waals surface area contributed by atoms with Gasteiger partial charge in [-0.25, -0.2) is 0 Å². The molecule has 0 aliphatic heterocycles. The molecule has 4 heteroatoms. The average Bonchev–Trinajstić information content (AvgIpc) is 2.33. The first-order valence-electron chi connectivity index (χ1n) is 7.15. The first-order chi connectivity index (χ1) is 9.47. The maximum absolute atomic E-state index is 5.46. The highest BCUT2D eigenvalue weighted by Gasteiger charge is 2.39. The third-order valence-electron chi connectivity index (χ3n) is 4.48. The van der Waals surface area contributed by atoms with E-state index in [0.717, 1.165) is 23.3 Å². The molecule has 3 nitrogen and oxygen atoms in total. The summed E-state index contributed by atoms with van der Waals surface area (Å²) < 4.78 is 6.57. The van der Waals surface area contributed by atoms with Crippen LogP contribution in [0.5, 0.6) is 5.75 Å². The van der Waals surface area contributed by atoms with Gasteiger partial charge in [-0.1, -0.05) is 15.9 Å². The molecule has 0 radical (unpaired) electrons. The van der Waals surface area contributed by atoms with Gasteiger partial charge in [-0.3, -0.25) is 0 Å². The second-order valence-electron chi connectivity index (χ2n) is 6.10. The average molecular weight is 341 g/mol. The Labute approximate surface area is 131 Å². The highest BCUT2D eigenvalue weighted by atomic mass is 79.9. The molecule has 0 spiro atoms. The molecule has 1 aliphatic carbocycles. The Morgan fingerprint density at radius 3 is 2.45 bits per heavy atom. The fourth-order valence-electron chi connectivity index (χ4n) is 3.05. The zero-order valence-electron chi connectivity index (χ0n) is 12.9. The van der Waals surface area contributed by atoms with Crippen LogP contribution < -0.4 is 4.74 Å². The molecule has 0 atom stereocenters. The molecule has 0 heterocycles. The Kier molecular flexibility index (Phi) is 5.10. The van der Waals surface area contributed by atoms with Crippen molar-refractivity contribution in [1.82, 2.24) is 9.80 Å². The van der Waals surface area contributed by atoms with Crippen LogP contribution >= 0.6 is 15.9 Å². The van der Waals surface area contributed by atoms with Crippen LogP contribution in [0.15, 0.2) is 22.7 Å². The number of likely N-dealkylation sites (N-methyl/N-ethyl adjacent to an activating group) is 2. The highest BCUT2D eigenvalue weighted by molar-refractivity contribution is 9.10. The van der Waals surface area contributed by atoms with Gasteiger partial charge in [0.15, 0.2) is 0 Å². The van der Waals surface area contributed by atoms with Crippen LogP contribution in [0, 0.1) is 0 Å². The van der Waals surface area contributed by atoms with Crippen LogP contribution in [0.4, 0.5) is 0 Å². The highest BCUT2D eigenvalue weighted by Crippen LogP contribution is 2.37. The van der Waals surface area contributed by atoms with Crippen LogP contribution in [0.25, 0.3) is 0 Å². The molecule has 0 bridgehead atoms. The molecule has 1 aliphatic rings. The van der Waals surface area contributed by atoms with Gasteiger partial charge in [-0.15, -0.1) is 0 Å². The van der Waals surface area contributed by atoms with Crippen molar-refractivity contribution in [2.75, 3.05) is 34.8 Å². The molecule has 112 valence electrons. The molecule has 0 N–H and O–H groups in total. The van der Waals surface area contributed by atoms with Crippen molar-refractivity contribution < 1.29 is 4.74 Å². The van der Waals surface area contributed by atoms with Gasteiger partial charge in [0.05, 0.1) is 7.11 Å². The Balaban J connectivity index is 2.04. The van der Waals surface area contributed by atoms with Gasteiger partial charge >= 0.3 is 0 Å². The van der Waals surface area contributed by atoms with E-state index >= 15 is 0 Å². The van der Waals surface area contributed by atoms with Crippen LogP contribution in [0.3, 0.4) is 0 Å². The second-order valence-corrected chi connectivity index (χ2v) is 7.02. The standard InChI is InChI=1S/C16H25BrN2O/c1-18(2)16(8-5-9-16)12-19(3)11-13-10-14(17)6-7-15(13)20-4/h6-7,10H,5,8-9,11-12H2,1-4H3. The normalized spacial score (nSPS) is 17.4. The Bertz CT molecular complexity index is 458. The molecule has 1 saturated carbocycles. The van der Waals surface area contributed by atoms with Gasteiger partial charge in [0.25, 0.3) is 0 Å². The summed E-state index contributed by atoms with van der Waals surface area (Å²) in [5.74, 6) is 0.965. The first-order valence-corrected chi connectivity index (χ1v) is 7.94. The minimum atomic E-state index is 0.369. The molecule has 1 fully saturated rings. The van der Waals surface area contributed by atoms with E-state index in [1.807, 2.05) is 12.1 Å². The monoisotopic (exact) mass is 340 g/mol. The lowest BCUT2D eigenvalue weighted by atomic mass is 9.75. The summed E-state index contributed by atoms with van der Waals surface area (Å²) in [4.78, 5) is 4.80. The fraction of sp³-hybridized carbons (Fsp3) is 0.625. The molecule has 0 saturated heterocycles. The van der Waals surface area contributed by atoms with E-state index in [0.29, 0.717) is 5.54 Å². The van der Waals surface area contributed by atoms with E-state index in [1.54, 1.807) is 7.11 Å². The van der Waals surface area contributed by atoms with Crippen molar-refractivity contribution >= 4 is 15.9 Å². The van der Waals surface area contributed by atoms with Crippen LogP contribution in [-0.2, 0) is 6.54 Å². The van der Waals surface area contributed by atoms with Gasteiger partial charge in [0.1, 0.15) is 5.75 Å². The molecule has 1 aromatic rings. The predicted octanol–water partition coefficient (Wildman–Crippen LogP) is 3.37. The van der Waals surface area contributed by atoms with E-state index in [9.17, 15) is 0 Å². The van der Waals surface area contributed by atoms with E-state index in [2.05, 4.69) is 52.9 Å². The Morgan fingerprint density at radius 1 is 1.25 bits per heavy atom. The first kappa shape index (κ1) is 15.8. The lowest BCUT2D eigenvalue weighted by Gasteiger charge is -2.49. The SMILES string of the molecule is COc1ccc(Br)cc1CN(C)CC1(N(C)C)CCC1. The zero-order valence-corrected chi connectivity index (χ0v) is 14.5. The smallest absolute Gasteiger partial charge is 0.123 e. The van der Waals surface area contributed by atoms with Gasteiger partial charge in [0, 0.05) is 28.7 Å². The number of methoxy groups -OCH3 is 1. The van der Waals surface area contributed by atoms with Crippen molar-refractivity contribution in [2.24, 2.45) is 0 Å². The summed E-state index contributed by atoms with van der Waals surface area (Å²) in [7, 11) is 8.34. The largest absolute Gasteiger partial charge is 0.496 e. The van der Waals surface area contributed by atoms with Crippen molar-refractivity contribution in [3.8, 4) is 5.75 Å². The molecular formula is C16H25BrN2O. The quantitative estimate of drug-likeness (QED) is 0.789. The Morgan fingerprint density at radius 2 is 1.95 bits per heavy atom. The van der Waals surface area contributed by atoms with Crippen LogP contribution in [0.2, 0.25) is 0 Å². The van der Waals surface area contributed by atoms with Gasteiger partial charge < -0.3 is 14.5 Å². The third kappa shape index (κ3) is 3.35. The van der Waals surface area contributed by atoms with Gasteiger partial charge in [-0.05, 0) is 58.6 Å². The molecule has 1 aromatic carbocycles. The lowest BCUT2D eigenvalue weighted by molar-refractivity contribution is 0.0257. The van der Waals surface area contributed by atoms with E-state index < -0.39 is 0 Å². The predicted molar refractivity (Wildman–Crippen MR) is 87.3 cm³/mol. The maximum atomic E-state index is 5.46. The van der Waals surface area contributed by atoms with E-state index in [4.69, 9.17) is 4.74 Å². The number of rotatable bonds is 6. The summed E-state index contributed by atoms with van der Waals surface area (Å²) in [6.07, 6.45) is 3.96. The summed E-state index contributed by atoms with van der Waals surface area (Å²) in [5, 5.41) is 0. The van der Waals surface area contributed by atoms with Gasteiger partial charge in [-0.2, -0.15) is 0 Å². The lowest BCUT2D eigenvalue weighted by Crippen LogP contribution is -2.56. The molecule has 2 rings (SSSR count). The van der Waals surface area contributed by atoms with E-state index in [1.165, 1.54) is 24.8 Å². The van der Waals surface area contributed by atoms with Crippen molar-refractivity contribution in [3.05, 3.63) is 28.2 Å². The fourth-order valence-corrected chi connectivity index (χ4v) is 3.46. The summed E-state index contributed by atoms with van der Waals surface area (Å²) in [5.41, 5.74) is 1.60. The number of hydrogen-bond donors (Lipinski definition) is 0. The maximum Gasteiger partial charge on any atom is 0.123 e. The number of ether oxygens (including phenoxy) is 1. The molecular weight excluding hydrogens is 316 g/mol. The molecule has 0 unspecified atom stereocenters. The van der Waals surface area contributed by atoms with Crippen LogP contribution in [-0.4, -0.2) is 50.1 Å². The Hall–Kier alpha value is -0.580. The summed E-state index contributed by atoms with van der Waals surface area (Å²) >= 11 is 3.54. The van der Waals surface area contributed by atoms with E-state index in [-0.39, 0.29) is 0 Å². The number of halogens is 1. The number of benzene rings is 1. The zero-order chi connectivity index (χ0) is 14.8. The molecule has 0 aromatic heterocycles. The summed E-state index contributed by atoms with van der Waals surface area (Å²) in [6.45, 7) is 2.02. The van der Waals surface area contributed by atoms with Crippen molar-refractivity contribution in [1.29, 1.82) is 0 Å². The van der Waals surface area contributed by atoms with Crippen LogP contribution in [0.1, 0.15) is 24.8 Å². The van der Waals surface area contributed by atoms with Crippen molar-refractivity contribution in [3.63, 3.8) is 0 Å². The number of nitrogens with zero attached hydrogens (tertiary/aromatic N) is 2. The summed E-state index contributed by atoms with van der Waals surface area (Å²) in [6, 6.07) is 6.20. The molecule has 0 amide bonds. The minimum Gasteiger partial charge on any atom is -0.496 e. The second kappa shape index (κ2) is 6.46. The third-order valence-corrected chi connectivity index (χ3v) is 4.97. The minimum absolute atomic E-state index is 0.369. The van der Waals surface area contributed by atoms with Crippen molar-refractivity contribution in [2.45, 2.75) is 31.3 Å².